The molecule has 0 spiro atoms. The van der Waals surface area contributed by atoms with Crippen LogP contribution in [0.5, 0.6) is 0 Å². The minimum atomic E-state index is 0.362. The summed E-state index contributed by atoms with van der Waals surface area (Å²) < 4.78 is 2.34. The van der Waals surface area contributed by atoms with E-state index >= 15 is 0 Å². The molecule has 0 aromatic carbocycles. The molecule has 1 N–H and O–H groups in total. The second-order valence-corrected chi connectivity index (χ2v) is 4.73. The SMILES string of the molecule is CC1NCCn2c(C3CCCC3)nnc21. The molecule has 15 heavy (non-hydrogen) atoms. The van der Waals surface area contributed by atoms with Crippen LogP contribution in [0.15, 0.2) is 0 Å². The summed E-state index contributed by atoms with van der Waals surface area (Å²) in [5.41, 5.74) is 0. The highest BCUT2D eigenvalue weighted by Gasteiger charge is 2.27. The summed E-state index contributed by atoms with van der Waals surface area (Å²) >= 11 is 0. The second kappa shape index (κ2) is 3.59. The maximum atomic E-state index is 4.40. The highest BCUT2D eigenvalue weighted by Crippen LogP contribution is 2.34. The molecule has 1 aromatic heterocycles. The molecule has 4 nitrogen and oxygen atoms in total. The van der Waals surface area contributed by atoms with Crippen molar-refractivity contribution >= 4 is 0 Å². The molecule has 2 heterocycles. The monoisotopic (exact) mass is 206 g/mol. The predicted octanol–water partition coefficient (Wildman–Crippen LogP) is 1.60. The Hall–Kier alpha value is -0.900. The van der Waals surface area contributed by atoms with Crippen molar-refractivity contribution in [1.82, 2.24) is 20.1 Å². The zero-order valence-corrected chi connectivity index (χ0v) is 9.24. The molecule has 1 aromatic rings. The van der Waals surface area contributed by atoms with E-state index in [0.717, 1.165) is 18.9 Å². The highest BCUT2D eigenvalue weighted by molar-refractivity contribution is 5.08. The Kier molecular flexibility index (Phi) is 2.24. The summed E-state index contributed by atoms with van der Waals surface area (Å²) in [5, 5.41) is 12.2. The van der Waals surface area contributed by atoms with Gasteiger partial charge in [0.05, 0.1) is 6.04 Å². The average Bonchev–Trinajstić information content (AvgIpc) is 2.85. The predicted molar refractivity (Wildman–Crippen MR) is 57.6 cm³/mol. The minimum Gasteiger partial charge on any atom is -0.312 e. The maximum absolute atomic E-state index is 4.40. The third kappa shape index (κ3) is 1.47. The van der Waals surface area contributed by atoms with Gasteiger partial charge in [0.2, 0.25) is 0 Å². The van der Waals surface area contributed by atoms with Crippen molar-refractivity contribution in [1.29, 1.82) is 0 Å². The number of aromatic nitrogens is 3. The summed E-state index contributed by atoms with van der Waals surface area (Å²) in [5.74, 6) is 3.05. The van der Waals surface area contributed by atoms with Crippen LogP contribution in [-0.4, -0.2) is 21.3 Å². The molecule has 82 valence electrons. The molecule has 1 aliphatic heterocycles. The van der Waals surface area contributed by atoms with E-state index in [2.05, 4.69) is 27.0 Å². The first-order valence-corrected chi connectivity index (χ1v) is 6.02. The first-order valence-electron chi connectivity index (χ1n) is 6.02. The van der Waals surface area contributed by atoms with E-state index in [9.17, 15) is 0 Å². The zero-order chi connectivity index (χ0) is 10.3. The molecule has 0 radical (unpaired) electrons. The number of hydrogen-bond acceptors (Lipinski definition) is 3. The van der Waals surface area contributed by atoms with Gasteiger partial charge in [0.25, 0.3) is 0 Å². The molecular weight excluding hydrogens is 188 g/mol. The van der Waals surface area contributed by atoms with Gasteiger partial charge in [-0.25, -0.2) is 0 Å². The number of nitrogens with zero attached hydrogens (tertiary/aromatic N) is 3. The van der Waals surface area contributed by atoms with Gasteiger partial charge >= 0.3 is 0 Å². The molecule has 1 aliphatic carbocycles. The standard InChI is InChI=1S/C11H18N4/c1-8-10-13-14-11(9-4-2-3-5-9)15(10)7-6-12-8/h8-9,12H,2-7H2,1H3. The molecule has 0 amide bonds. The van der Waals surface area contributed by atoms with E-state index < -0.39 is 0 Å². The van der Waals surface area contributed by atoms with Gasteiger partial charge in [-0.1, -0.05) is 12.8 Å². The van der Waals surface area contributed by atoms with E-state index in [1.165, 1.54) is 31.5 Å². The number of fused-ring (bicyclic) bond motifs is 1. The molecular formula is C11H18N4. The van der Waals surface area contributed by atoms with Gasteiger partial charge in [0, 0.05) is 19.0 Å². The fourth-order valence-corrected chi connectivity index (χ4v) is 2.85. The van der Waals surface area contributed by atoms with Crippen LogP contribution in [0.25, 0.3) is 0 Å². The first-order chi connectivity index (χ1) is 7.36. The van der Waals surface area contributed by atoms with Crippen molar-refractivity contribution in [2.75, 3.05) is 6.54 Å². The minimum absolute atomic E-state index is 0.362. The first kappa shape index (κ1) is 9.33. The van der Waals surface area contributed by atoms with Crippen LogP contribution in [0.2, 0.25) is 0 Å². The van der Waals surface area contributed by atoms with E-state index in [-0.39, 0.29) is 0 Å². The number of rotatable bonds is 1. The van der Waals surface area contributed by atoms with Gasteiger partial charge in [-0.05, 0) is 19.8 Å². The van der Waals surface area contributed by atoms with Gasteiger partial charge in [0.1, 0.15) is 11.6 Å². The average molecular weight is 206 g/mol. The Labute approximate surface area is 90.1 Å². The Bertz CT molecular complexity index is 351. The van der Waals surface area contributed by atoms with Crippen molar-refractivity contribution in [3.8, 4) is 0 Å². The molecule has 4 heteroatoms. The fourth-order valence-electron chi connectivity index (χ4n) is 2.85. The molecule has 3 rings (SSSR count). The van der Waals surface area contributed by atoms with E-state index in [1.807, 2.05) is 0 Å². The molecule has 0 bridgehead atoms. The third-order valence-electron chi connectivity index (χ3n) is 3.70. The van der Waals surface area contributed by atoms with E-state index in [0.29, 0.717) is 12.0 Å². The van der Waals surface area contributed by atoms with Crippen LogP contribution in [0, 0.1) is 0 Å². The summed E-state index contributed by atoms with van der Waals surface area (Å²) in [4.78, 5) is 0. The fraction of sp³-hybridized carbons (Fsp3) is 0.818. The molecule has 0 saturated heterocycles. The van der Waals surface area contributed by atoms with Crippen LogP contribution < -0.4 is 5.32 Å². The lowest BCUT2D eigenvalue weighted by molar-refractivity contribution is 0.422. The largest absolute Gasteiger partial charge is 0.312 e. The molecule has 1 saturated carbocycles. The second-order valence-electron chi connectivity index (χ2n) is 4.73. The van der Waals surface area contributed by atoms with Crippen molar-refractivity contribution in [2.45, 2.75) is 51.1 Å². The summed E-state index contributed by atoms with van der Waals surface area (Å²) in [6.07, 6.45) is 5.33. The molecule has 1 atom stereocenters. The van der Waals surface area contributed by atoms with Crippen molar-refractivity contribution in [2.24, 2.45) is 0 Å². The van der Waals surface area contributed by atoms with Crippen LogP contribution in [0.1, 0.15) is 56.2 Å². The van der Waals surface area contributed by atoms with Gasteiger partial charge < -0.3 is 9.88 Å². The van der Waals surface area contributed by atoms with Crippen LogP contribution in [0.3, 0.4) is 0 Å². The summed E-state index contributed by atoms with van der Waals surface area (Å²) in [6.45, 7) is 4.25. The quantitative estimate of drug-likeness (QED) is 0.759. The lowest BCUT2D eigenvalue weighted by Gasteiger charge is -2.23. The highest BCUT2D eigenvalue weighted by atomic mass is 15.3. The van der Waals surface area contributed by atoms with Gasteiger partial charge in [0.15, 0.2) is 0 Å². The smallest absolute Gasteiger partial charge is 0.149 e. The van der Waals surface area contributed by atoms with Crippen LogP contribution >= 0.6 is 0 Å². The summed E-state index contributed by atoms with van der Waals surface area (Å²) in [6, 6.07) is 0.362. The lowest BCUT2D eigenvalue weighted by Crippen LogP contribution is -2.32. The third-order valence-corrected chi connectivity index (χ3v) is 3.70. The van der Waals surface area contributed by atoms with Gasteiger partial charge in [-0.3, -0.25) is 0 Å². The van der Waals surface area contributed by atoms with E-state index in [4.69, 9.17) is 0 Å². The summed E-state index contributed by atoms with van der Waals surface area (Å²) in [7, 11) is 0. The van der Waals surface area contributed by atoms with E-state index in [1.54, 1.807) is 0 Å². The van der Waals surface area contributed by atoms with Crippen LogP contribution in [0.4, 0.5) is 0 Å². The van der Waals surface area contributed by atoms with Crippen molar-refractivity contribution in [3.63, 3.8) is 0 Å². The Morgan fingerprint density at radius 2 is 1.93 bits per heavy atom. The Morgan fingerprint density at radius 3 is 2.73 bits per heavy atom. The topological polar surface area (TPSA) is 42.7 Å². The zero-order valence-electron chi connectivity index (χ0n) is 9.24. The van der Waals surface area contributed by atoms with Gasteiger partial charge in [-0.15, -0.1) is 10.2 Å². The molecule has 2 aliphatic rings. The number of hydrogen-bond donors (Lipinski definition) is 1. The lowest BCUT2D eigenvalue weighted by atomic mass is 10.1. The van der Waals surface area contributed by atoms with Crippen LogP contribution in [-0.2, 0) is 6.54 Å². The molecule has 1 fully saturated rings. The normalized spacial score (nSPS) is 26.9. The van der Waals surface area contributed by atoms with Crippen molar-refractivity contribution < 1.29 is 0 Å². The molecule has 1 unspecified atom stereocenters. The Morgan fingerprint density at radius 1 is 1.20 bits per heavy atom. The maximum Gasteiger partial charge on any atom is 0.149 e. The Balaban J connectivity index is 1.95. The number of nitrogens with one attached hydrogen (secondary N) is 1. The van der Waals surface area contributed by atoms with Crippen molar-refractivity contribution in [3.05, 3.63) is 11.6 Å². The van der Waals surface area contributed by atoms with Gasteiger partial charge in [-0.2, -0.15) is 0 Å².